The van der Waals surface area contributed by atoms with Gasteiger partial charge >= 0.3 is 0 Å². The van der Waals surface area contributed by atoms with Crippen LogP contribution in [0, 0.1) is 11.8 Å². The van der Waals surface area contributed by atoms with Crippen molar-refractivity contribution in [1.29, 1.82) is 0 Å². The van der Waals surface area contributed by atoms with E-state index in [0.717, 1.165) is 86.1 Å². The van der Waals surface area contributed by atoms with Crippen molar-refractivity contribution in [3.8, 4) is 5.75 Å². The second-order valence-corrected chi connectivity index (χ2v) is 9.94. The van der Waals surface area contributed by atoms with Crippen molar-refractivity contribution in [3.05, 3.63) is 23.4 Å². The number of benzene rings is 1. The summed E-state index contributed by atoms with van der Waals surface area (Å²) >= 11 is 0. The first-order valence-corrected chi connectivity index (χ1v) is 12.1. The summed E-state index contributed by atoms with van der Waals surface area (Å²) in [5.41, 5.74) is 3.04. The Morgan fingerprint density at radius 1 is 1.16 bits per heavy atom. The van der Waals surface area contributed by atoms with E-state index in [2.05, 4.69) is 55.0 Å². The van der Waals surface area contributed by atoms with Crippen LogP contribution < -0.4 is 4.74 Å². The summed E-state index contributed by atoms with van der Waals surface area (Å²) in [6.07, 6.45) is 4.53. The van der Waals surface area contributed by atoms with Gasteiger partial charge in [-0.1, -0.05) is 19.0 Å². The molecule has 0 N–H and O–H groups in total. The molecule has 0 atom stereocenters. The topological polar surface area (TPSA) is 60.2 Å². The van der Waals surface area contributed by atoms with Gasteiger partial charge in [-0.05, 0) is 76.8 Å². The number of fused-ring (bicyclic) bond motifs is 1. The Morgan fingerprint density at radius 2 is 1.91 bits per heavy atom. The molecule has 1 aromatic heterocycles. The summed E-state index contributed by atoms with van der Waals surface area (Å²) in [5.74, 6) is 2.12. The molecule has 3 heterocycles. The first-order valence-electron chi connectivity index (χ1n) is 12.1. The van der Waals surface area contributed by atoms with E-state index >= 15 is 0 Å². The highest BCUT2D eigenvalue weighted by atomic mass is 16.7. The van der Waals surface area contributed by atoms with Crippen LogP contribution >= 0.6 is 0 Å². The average Bonchev–Trinajstić information content (AvgIpc) is 3.42. The van der Waals surface area contributed by atoms with Gasteiger partial charge in [0.2, 0.25) is 0 Å². The zero-order valence-corrected chi connectivity index (χ0v) is 20.1. The van der Waals surface area contributed by atoms with E-state index in [0.29, 0.717) is 12.5 Å². The molecule has 2 aliphatic rings. The van der Waals surface area contributed by atoms with Crippen molar-refractivity contribution in [2.45, 2.75) is 52.4 Å². The molecule has 178 valence electrons. The van der Waals surface area contributed by atoms with E-state index < -0.39 is 0 Å². The van der Waals surface area contributed by atoms with E-state index in [-0.39, 0.29) is 6.29 Å². The molecule has 0 spiro atoms. The minimum Gasteiger partial charge on any atom is -0.493 e. The third-order valence-electron chi connectivity index (χ3n) is 6.42. The van der Waals surface area contributed by atoms with Crippen LogP contribution in [0.5, 0.6) is 5.75 Å². The van der Waals surface area contributed by atoms with Crippen LogP contribution in [0.3, 0.4) is 0 Å². The Kier molecular flexibility index (Phi) is 8.05. The number of rotatable bonds is 10. The third kappa shape index (κ3) is 6.01. The molecule has 7 heteroatoms. The normalized spacial score (nSPS) is 19.1. The molecule has 0 unspecified atom stereocenters. The van der Waals surface area contributed by atoms with Crippen LogP contribution in [0.25, 0.3) is 11.0 Å². The molecule has 0 aliphatic carbocycles. The van der Waals surface area contributed by atoms with Gasteiger partial charge in [0.05, 0.1) is 31.1 Å². The van der Waals surface area contributed by atoms with Crippen LogP contribution in [0.2, 0.25) is 0 Å². The maximum absolute atomic E-state index is 6.09. The second-order valence-electron chi connectivity index (χ2n) is 9.94. The van der Waals surface area contributed by atoms with Crippen LogP contribution in [0.15, 0.2) is 16.7 Å². The molecule has 1 aromatic carbocycles. The lowest BCUT2D eigenvalue weighted by Crippen LogP contribution is -2.39. The predicted molar refractivity (Wildman–Crippen MR) is 125 cm³/mol. The molecule has 7 nitrogen and oxygen atoms in total. The van der Waals surface area contributed by atoms with Crippen LogP contribution in [-0.2, 0) is 22.4 Å². The SMILES string of the molecule is CC(C)COc1ccc2c(CCC3CCN(CC4OCCO4)CC3)noc2c1CN(C)C. The van der Waals surface area contributed by atoms with Gasteiger partial charge in [-0.25, -0.2) is 0 Å². The van der Waals surface area contributed by atoms with E-state index in [9.17, 15) is 0 Å². The standard InChI is InChI=1S/C25H39N3O4/c1-18(2)17-31-23-8-6-20-22(26-32-25(20)21(23)15-27(3)4)7-5-19-9-11-28(12-10-19)16-24-29-13-14-30-24/h6,8,18-19,24H,5,7,9-17H2,1-4H3. The van der Waals surface area contributed by atoms with Gasteiger partial charge < -0.3 is 23.6 Å². The fourth-order valence-corrected chi connectivity index (χ4v) is 4.65. The highest BCUT2D eigenvalue weighted by Gasteiger charge is 2.25. The molecular weight excluding hydrogens is 406 g/mol. The Balaban J connectivity index is 1.36. The summed E-state index contributed by atoms with van der Waals surface area (Å²) in [4.78, 5) is 4.62. The smallest absolute Gasteiger partial charge is 0.175 e. The molecule has 0 bridgehead atoms. The minimum atomic E-state index is -0.0289. The summed E-state index contributed by atoms with van der Waals surface area (Å²) in [5, 5.41) is 5.61. The lowest BCUT2D eigenvalue weighted by atomic mass is 9.91. The first-order chi connectivity index (χ1) is 15.5. The Morgan fingerprint density at radius 3 is 2.59 bits per heavy atom. The maximum Gasteiger partial charge on any atom is 0.175 e. The molecule has 2 fully saturated rings. The molecular formula is C25H39N3O4. The van der Waals surface area contributed by atoms with Crippen molar-refractivity contribution in [3.63, 3.8) is 0 Å². The van der Waals surface area contributed by atoms with Crippen molar-refractivity contribution >= 4 is 11.0 Å². The second kappa shape index (κ2) is 11.0. The third-order valence-corrected chi connectivity index (χ3v) is 6.42. The van der Waals surface area contributed by atoms with Gasteiger partial charge in [0.1, 0.15) is 5.75 Å². The molecule has 0 amide bonds. The molecule has 2 saturated heterocycles. The van der Waals surface area contributed by atoms with E-state index in [4.69, 9.17) is 18.7 Å². The van der Waals surface area contributed by atoms with Crippen LogP contribution in [0.4, 0.5) is 0 Å². The number of nitrogens with zero attached hydrogens (tertiary/aromatic N) is 3. The Bertz CT molecular complexity index is 852. The number of aryl methyl sites for hydroxylation is 1. The van der Waals surface area contributed by atoms with Gasteiger partial charge in [-0.15, -0.1) is 0 Å². The van der Waals surface area contributed by atoms with Crippen molar-refractivity contribution in [2.75, 3.05) is 53.6 Å². The lowest BCUT2D eigenvalue weighted by molar-refractivity contribution is -0.0661. The van der Waals surface area contributed by atoms with E-state index in [1.807, 2.05) is 0 Å². The quantitative estimate of drug-likeness (QED) is 0.549. The molecule has 4 rings (SSSR count). The molecule has 0 saturated carbocycles. The molecule has 2 aromatic rings. The zero-order chi connectivity index (χ0) is 22.5. The maximum atomic E-state index is 6.09. The van der Waals surface area contributed by atoms with Crippen molar-refractivity contribution < 1.29 is 18.7 Å². The average molecular weight is 446 g/mol. The van der Waals surface area contributed by atoms with Gasteiger partial charge in [-0.2, -0.15) is 0 Å². The fraction of sp³-hybridized carbons (Fsp3) is 0.720. The Labute approximate surface area is 191 Å². The number of ether oxygens (including phenoxy) is 3. The monoisotopic (exact) mass is 445 g/mol. The van der Waals surface area contributed by atoms with Gasteiger partial charge in [0.15, 0.2) is 11.9 Å². The highest BCUT2D eigenvalue weighted by Crippen LogP contribution is 2.33. The van der Waals surface area contributed by atoms with E-state index in [1.54, 1.807) is 0 Å². The first kappa shape index (κ1) is 23.5. The predicted octanol–water partition coefficient (Wildman–Crippen LogP) is 3.94. The summed E-state index contributed by atoms with van der Waals surface area (Å²) in [7, 11) is 4.14. The molecule has 0 radical (unpaired) electrons. The molecule has 32 heavy (non-hydrogen) atoms. The number of likely N-dealkylation sites (tertiary alicyclic amines) is 1. The van der Waals surface area contributed by atoms with Crippen LogP contribution in [-0.4, -0.2) is 74.8 Å². The highest BCUT2D eigenvalue weighted by molar-refractivity contribution is 5.84. The lowest BCUT2D eigenvalue weighted by Gasteiger charge is -2.32. The zero-order valence-electron chi connectivity index (χ0n) is 20.1. The minimum absolute atomic E-state index is 0.0289. The van der Waals surface area contributed by atoms with Gasteiger partial charge in [0.25, 0.3) is 0 Å². The number of hydrogen-bond acceptors (Lipinski definition) is 7. The van der Waals surface area contributed by atoms with Crippen LogP contribution in [0.1, 0.15) is 44.4 Å². The van der Waals surface area contributed by atoms with Crippen molar-refractivity contribution in [1.82, 2.24) is 15.0 Å². The summed E-state index contributed by atoms with van der Waals surface area (Å²) in [6, 6.07) is 4.22. The van der Waals surface area contributed by atoms with Gasteiger partial charge in [-0.3, -0.25) is 4.90 Å². The summed E-state index contributed by atoms with van der Waals surface area (Å²) < 4.78 is 23.1. The number of aromatic nitrogens is 1. The number of piperidine rings is 1. The molecule has 2 aliphatic heterocycles. The summed E-state index contributed by atoms with van der Waals surface area (Å²) in [6.45, 7) is 10.4. The fourth-order valence-electron chi connectivity index (χ4n) is 4.65. The Hall–Kier alpha value is -1.67. The van der Waals surface area contributed by atoms with E-state index in [1.165, 1.54) is 12.8 Å². The largest absolute Gasteiger partial charge is 0.493 e. The number of hydrogen-bond donors (Lipinski definition) is 0. The van der Waals surface area contributed by atoms with Gasteiger partial charge in [0, 0.05) is 18.5 Å². The van der Waals surface area contributed by atoms with Crippen molar-refractivity contribution in [2.24, 2.45) is 11.8 Å².